The average molecular weight is 222 g/mol. The molecule has 3 rings (SSSR count). The van der Waals surface area contributed by atoms with E-state index in [9.17, 15) is 0 Å². The maximum Gasteiger partial charge on any atom is 0.170 e. The summed E-state index contributed by atoms with van der Waals surface area (Å²) >= 11 is 0. The van der Waals surface area contributed by atoms with Gasteiger partial charge in [-0.15, -0.1) is 0 Å². The summed E-state index contributed by atoms with van der Waals surface area (Å²) in [6, 6.07) is 12.0. The molecule has 0 unspecified atom stereocenters. The summed E-state index contributed by atoms with van der Waals surface area (Å²) in [5.41, 5.74) is 2.42. The first-order valence-corrected chi connectivity index (χ1v) is 5.85. The van der Waals surface area contributed by atoms with Gasteiger partial charge in [0.2, 0.25) is 0 Å². The molecule has 2 aromatic rings. The van der Waals surface area contributed by atoms with Gasteiger partial charge >= 0.3 is 0 Å². The summed E-state index contributed by atoms with van der Waals surface area (Å²) < 4.78 is 11.7. The van der Waals surface area contributed by atoms with E-state index in [1.807, 2.05) is 37.3 Å². The number of hydrogen-bond acceptors (Lipinski definition) is 2. The molecule has 0 N–H and O–H groups in total. The van der Waals surface area contributed by atoms with Gasteiger partial charge in [-0.25, -0.2) is 0 Å². The second-order valence-electron chi connectivity index (χ2n) is 4.29. The van der Waals surface area contributed by atoms with Crippen molar-refractivity contribution in [1.29, 1.82) is 0 Å². The Bertz CT molecular complexity index is 582. The molecule has 1 aliphatic rings. The predicted octanol–water partition coefficient (Wildman–Crippen LogP) is 1.50. The Morgan fingerprint density at radius 2 is 1.53 bits per heavy atom. The molecular formula is C13H12B2O2. The van der Waals surface area contributed by atoms with Gasteiger partial charge in [-0.05, 0) is 36.8 Å². The van der Waals surface area contributed by atoms with Crippen LogP contribution >= 0.6 is 0 Å². The minimum Gasteiger partial charge on any atom is -0.450 e. The molecule has 2 nitrogen and oxygen atoms in total. The van der Waals surface area contributed by atoms with Crippen LogP contribution in [-0.4, -0.2) is 14.9 Å². The van der Waals surface area contributed by atoms with E-state index in [1.165, 1.54) is 11.0 Å². The normalized spacial score (nSPS) is 11.8. The first-order chi connectivity index (χ1) is 8.26. The molecule has 1 heterocycles. The van der Waals surface area contributed by atoms with Crippen molar-refractivity contribution in [3.8, 4) is 23.0 Å². The highest BCUT2D eigenvalue weighted by atomic mass is 16.6. The molecule has 0 aliphatic carbocycles. The van der Waals surface area contributed by atoms with Crippen molar-refractivity contribution in [2.45, 2.75) is 6.92 Å². The van der Waals surface area contributed by atoms with E-state index >= 15 is 0 Å². The van der Waals surface area contributed by atoms with E-state index in [-0.39, 0.29) is 0 Å². The third-order valence-electron chi connectivity index (χ3n) is 2.96. The van der Waals surface area contributed by atoms with Crippen LogP contribution in [0.5, 0.6) is 23.0 Å². The molecule has 0 radical (unpaired) electrons. The van der Waals surface area contributed by atoms with Crippen LogP contribution in [-0.2, 0) is 0 Å². The van der Waals surface area contributed by atoms with Crippen LogP contribution in [0.4, 0.5) is 0 Å². The van der Waals surface area contributed by atoms with Gasteiger partial charge in [-0.2, -0.15) is 0 Å². The third-order valence-corrected chi connectivity index (χ3v) is 2.96. The first-order valence-electron chi connectivity index (χ1n) is 5.85. The summed E-state index contributed by atoms with van der Waals surface area (Å²) in [6.45, 7) is 2.04. The smallest absolute Gasteiger partial charge is 0.170 e. The van der Waals surface area contributed by atoms with Gasteiger partial charge in [-0.3, -0.25) is 0 Å². The summed E-state index contributed by atoms with van der Waals surface area (Å²) in [6.07, 6.45) is 0. The topological polar surface area (TPSA) is 18.5 Å². The lowest BCUT2D eigenvalue weighted by molar-refractivity contribution is 0.359. The minimum atomic E-state index is 0.785. The van der Waals surface area contributed by atoms with Crippen molar-refractivity contribution in [3.63, 3.8) is 0 Å². The van der Waals surface area contributed by atoms with Crippen LogP contribution in [0.1, 0.15) is 5.56 Å². The number of fused-ring (bicyclic) bond motifs is 2. The molecule has 1 aliphatic heterocycles. The summed E-state index contributed by atoms with van der Waals surface area (Å²) in [4.78, 5) is 0. The molecule has 82 valence electrons. The molecule has 2 aromatic carbocycles. The zero-order valence-corrected chi connectivity index (χ0v) is 9.99. The Hall–Kier alpha value is -1.83. The molecule has 0 atom stereocenters. The summed E-state index contributed by atoms with van der Waals surface area (Å²) in [5, 5.41) is 0. The number of benzene rings is 2. The molecule has 0 saturated heterocycles. The Kier molecular flexibility index (Phi) is 2.36. The van der Waals surface area contributed by atoms with E-state index in [0.717, 1.165) is 30.2 Å². The zero-order chi connectivity index (χ0) is 11.8. The molecule has 0 fully saturated rings. The molecule has 0 saturated carbocycles. The van der Waals surface area contributed by atoms with Crippen molar-refractivity contribution in [2.75, 3.05) is 0 Å². The molecule has 0 bridgehead atoms. The van der Waals surface area contributed by atoms with E-state index in [4.69, 9.17) is 9.47 Å². The van der Waals surface area contributed by atoms with Gasteiger partial charge in [0.1, 0.15) is 7.17 Å². The number of rotatable bonds is 1. The molecular weight excluding hydrogens is 210 g/mol. The fourth-order valence-electron chi connectivity index (χ4n) is 1.95. The highest BCUT2D eigenvalue weighted by Gasteiger charge is 2.18. The summed E-state index contributed by atoms with van der Waals surface area (Å²) in [7, 11) is 3.13. The van der Waals surface area contributed by atoms with Crippen LogP contribution in [0.25, 0.3) is 0 Å². The van der Waals surface area contributed by atoms with Gasteiger partial charge in [0.05, 0.1) is 7.74 Å². The van der Waals surface area contributed by atoms with Gasteiger partial charge < -0.3 is 9.47 Å². The molecule has 17 heavy (non-hydrogen) atoms. The fraction of sp³-hybridized carbons (Fsp3) is 0.0769. The average Bonchev–Trinajstić information content (AvgIpc) is 2.35. The lowest BCUT2D eigenvalue weighted by atomic mass is 9.51. The molecule has 0 aromatic heterocycles. The van der Waals surface area contributed by atoms with Crippen LogP contribution in [0, 0.1) is 6.92 Å². The first kappa shape index (κ1) is 10.3. The van der Waals surface area contributed by atoms with Crippen LogP contribution < -0.4 is 14.9 Å². The van der Waals surface area contributed by atoms with Crippen molar-refractivity contribution in [3.05, 3.63) is 42.0 Å². The van der Waals surface area contributed by atoms with Gasteiger partial charge in [0.25, 0.3) is 0 Å². The second-order valence-corrected chi connectivity index (χ2v) is 4.29. The van der Waals surface area contributed by atoms with E-state index in [1.54, 1.807) is 0 Å². The molecule has 4 heteroatoms. The van der Waals surface area contributed by atoms with Crippen molar-refractivity contribution in [2.24, 2.45) is 0 Å². The SMILES string of the molecule is BBc1ccc2c(c1)Oc1cc(C)ccc1O2. The predicted molar refractivity (Wildman–Crippen MR) is 73.1 cm³/mol. The Balaban J connectivity index is 2.05. The highest BCUT2D eigenvalue weighted by molar-refractivity contribution is 6.97. The largest absolute Gasteiger partial charge is 0.450 e. The second kappa shape index (κ2) is 3.88. The zero-order valence-electron chi connectivity index (χ0n) is 9.99. The van der Waals surface area contributed by atoms with Crippen molar-refractivity contribution in [1.82, 2.24) is 0 Å². The Morgan fingerprint density at radius 3 is 2.29 bits per heavy atom. The van der Waals surface area contributed by atoms with Crippen LogP contribution in [0.2, 0.25) is 0 Å². The monoisotopic (exact) mass is 222 g/mol. The lowest BCUT2D eigenvalue weighted by Crippen LogP contribution is -2.14. The summed E-state index contributed by atoms with van der Waals surface area (Å²) in [5.74, 6) is 3.18. The third kappa shape index (κ3) is 1.80. The number of ether oxygens (including phenoxy) is 2. The van der Waals surface area contributed by atoms with Crippen LogP contribution in [0.15, 0.2) is 36.4 Å². The number of hydrogen-bond donors (Lipinski definition) is 0. The lowest BCUT2D eigenvalue weighted by Gasteiger charge is -2.21. The minimum absolute atomic E-state index is 0.785. The van der Waals surface area contributed by atoms with Gasteiger partial charge in [0.15, 0.2) is 23.0 Å². The van der Waals surface area contributed by atoms with E-state index in [2.05, 4.69) is 13.8 Å². The van der Waals surface area contributed by atoms with Crippen molar-refractivity contribution >= 4 is 20.4 Å². The molecule has 0 amide bonds. The van der Waals surface area contributed by atoms with Gasteiger partial charge in [-0.1, -0.05) is 17.6 Å². The quantitative estimate of drug-likeness (QED) is 0.580. The highest BCUT2D eigenvalue weighted by Crippen LogP contribution is 2.44. The van der Waals surface area contributed by atoms with E-state index in [0.29, 0.717) is 0 Å². The maximum atomic E-state index is 5.88. The number of aryl methyl sites for hydroxylation is 1. The van der Waals surface area contributed by atoms with Crippen LogP contribution in [0.3, 0.4) is 0 Å². The fourth-order valence-corrected chi connectivity index (χ4v) is 1.95. The maximum absolute atomic E-state index is 5.88. The van der Waals surface area contributed by atoms with E-state index < -0.39 is 0 Å². The Morgan fingerprint density at radius 1 is 0.882 bits per heavy atom. The molecule has 0 spiro atoms. The Labute approximate surface area is 102 Å². The standard InChI is InChI=1S/C13H12B2O2/c1-8-2-4-10-12(6-8)17-13-7-9(15-14)3-5-11(13)16-10/h2-7,15H,14H2,1H3. The van der Waals surface area contributed by atoms with Crippen molar-refractivity contribution < 1.29 is 9.47 Å². The van der Waals surface area contributed by atoms with Gasteiger partial charge in [0, 0.05) is 0 Å².